The number of rotatable bonds is 4. The lowest BCUT2D eigenvalue weighted by Crippen LogP contribution is -2.27. The fourth-order valence-corrected chi connectivity index (χ4v) is 3.87. The summed E-state index contributed by atoms with van der Waals surface area (Å²) in [4.78, 5) is 13.2. The Hall–Kier alpha value is -3.06. The van der Waals surface area contributed by atoms with Crippen LogP contribution in [0.3, 0.4) is 0 Å². The molecule has 27 heavy (non-hydrogen) atoms. The number of hydrogen-bond donors (Lipinski definition) is 1. The molecule has 1 aromatic carbocycles. The van der Waals surface area contributed by atoms with Gasteiger partial charge in [-0.1, -0.05) is 24.6 Å². The van der Waals surface area contributed by atoms with Crippen molar-refractivity contribution in [3.05, 3.63) is 53.9 Å². The van der Waals surface area contributed by atoms with Crippen LogP contribution >= 0.6 is 11.3 Å². The predicted octanol–water partition coefficient (Wildman–Crippen LogP) is 4.26. The van der Waals surface area contributed by atoms with E-state index in [4.69, 9.17) is 5.10 Å². The minimum atomic E-state index is 0.112. The highest BCUT2D eigenvalue weighted by atomic mass is 32.1. The molecule has 0 aliphatic heterocycles. The van der Waals surface area contributed by atoms with Crippen LogP contribution in [-0.2, 0) is 4.79 Å². The molecule has 1 amide bonds. The van der Waals surface area contributed by atoms with Gasteiger partial charge in [-0.3, -0.25) is 4.79 Å². The molecule has 6 nitrogen and oxygen atoms in total. The summed E-state index contributed by atoms with van der Waals surface area (Å²) in [5.74, 6) is 1.01. The Morgan fingerprint density at radius 1 is 1.11 bits per heavy atom. The van der Waals surface area contributed by atoms with Gasteiger partial charge in [0.15, 0.2) is 11.5 Å². The second-order valence-electron chi connectivity index (χ2n) is 6.69. The van der Waals surface area contributed by atoms with Crippen molar-refractivity contribution in [1.29, 1.82) is 0 Å². The van der Waals surface area contributed by atoms with Gasteiger partial charge in [-0.15, -0.1) is 21.5 Å². The topological polar surface area (TPSA) is 72.2 Å². The van der Waals surface area contributed by atoms with Crippen molar-refractivity contribution in [2.75, 3.05) is 5.32 Å². The van der Waals surface area contributed by atoms with E-state index in [-0.39, 0.29) is 11.8 Å². The number of benzene rings is 1. The van der Waals surface area contributed by atoms with E-state index < -0.39 is 0 Å². The molecule has 1 aliphatic carbocycles. The summed E-state index contributed by atoms with van der Waals surface area (Å²) in [5, 5.41) is 18.2. The van der Waals surface area contributed by atoms with Crippen molar-refractivity contribution >= 4 is 28.6 Å². The number of nitrogens with zero attached hydrogens (tertiary/aromatic N) is 4. The highest BCUT2D eigenvalue weighted by Crippen LogP contribution is 2.29. The first-order valence-electron chi connectivity index (χ1n) is 8.95. The average Bonchev–Trinajstić information content (AvgIpc) is 3.29. The SMILES string of the molecule is O=C(Nc1cccc(-c2ccc3nnc(-c4cccs4)n3n2)c1)C1CCC1. The van der Waals surface area contributed by atoms with Gasteiger partial charge in [0.05, 0.1) is 10.6 Å². The molecule has 0 radical (unpaired) electrons. The average molecular weight is 375 g/mol. The van der Waals surface area contributed by atoms with Crippen LogP contribution in [0.25, 0.3) is 27.6 Å². The quantitative estimate of drug-likeness (QED) is 0.578. The van der Waals surface area contributed by atoms with Crippen LogP contribution in [0, 0.1) is 5.92 Å². The Balaban J connectivity index is 1.49. The smallest absolute Gasteiger partial charge is 0.227 e. The first kappa shape index (κ1) is 16.1. The Bertz CT molecular complexity index is 1110. The standard InChI is InChI=1S/C20H17N5OS/c26-20(13-4-1-5-13)21-15-7-2-6-14(12-15)16-9-10-18-22-23-19(25(18)24-16)17-8-3-11-27-17/h2-3,6-13H,1,4-5H2,(H,21,26). The first-order chi connectivity index (χ1) is 13.3. The molecule has 0 atom stereocenters. The summed E-state index contributed by atoms with van der Waals surface area (Å²) in [6, 6.07) is 15.6. The van der Waals surface area contributed by atoms with Gasteiger partial charge in [-0.25, -0.2) is 0 Å². The highest BCUT2D eigenvalue weighted by molar-refractivity contribution is 7.13. The molecule has 1 aliphatic rings. The maximum Gasteiger partial charge on any atom is 0.227 e. The van der Waals surface area contributed by atoms with Crippen LogP contribution in [0.1, 0.15) is 19.3 Å². The Morgan fingerprint density at radius 3 is 2.81 bits per heavy atom. The molecule has 1 N–H and O–H groups in total. The van der Waals surface area contributed by atoms with Crippen LogP contribution in [0.15, 0.2) is 53.9 Å². The van der Waals surface area contributed by atoms with Crippen molar-refractivity contribution < 1.29 is 4.79 Å². The third-order valence-electron chi connectivity index (χ3n) is 4.91. The lowest BCUT2D eigenvalue weighted by Gasteiger charge is -2.24. The molecule has 5 rings (SSSR count). The lowest BCUT2D eigenvalue weighted by atomic mass is 9.85. The van der Waals surface area contributed by atoms with Gasteiger partial charge in [0, 0.05) is 17.2 Å². The van der Waals surface area contributed by atoms with E-state index in [1.165, 1.54) is 0 Å². The molecule has 3 aromatic heterocycles. The van der Waals surface area contributed by atoms with Crippen molar-refractivity contribution in [2.45, 2.75) is 19.3 Å². The Kier molecular flexibility index (Phi) is 3.94. The van der Waals surface area contributed by atoms with Crippen LogP contribution in [0.4, 0.5) is 5.69 Å². The van der Waals surface area contributed by atoms with E-state index in [0.717, 1.165) is 46.9 Å². The molecule has 4 aromatic rings. The summed E-state index contributed by atoms with van der Waals surface area (Å²) in [6.45, 7) is 0. The van der Waals surface area contributed by atoms with Crippen LogP contribution < -0.4 is 5.32 Å². The number of thiophene rings is 1. The summed E-state index contributed by atoms with van der Waals surface area (Å²) >= 11 is 1.61. The van der Waals surface area contributed by atoms with Gasteiger partial charge in [0.1, 0.15) is 0 Å². The molecule has 0 bridgehead atoms. The van der Waals surface area contributed by atoms with Gasteiger partial charge >= 0.3 is 0 Å². The largest absolute Gasteiger partial charge is 0.326 e. The van der Waals surface area contributed by atoms with E-state index >= 15 is 0 Å². The minimum absolute atomic E-state index is 0.112. The Morgan fingerprint density at radius 2 is 2.04 bits per heavy atom. The van der Waals surface area contributed by atoms with Crippen LogP contribution in [-0.4, -0.2) is 25.7 Å². The third kappa shape index (κ3) is 3.00. The molecular formula is C20H17N5OS. The van der Waals surface area contributed by atoms with Gasteiger partial charge in [-0.05, 0) is 48.6 Å². The summed E-state index contributed by atoms with van der Waals surface area (Å²) in [7, 11) is 0. The predicted molar refractivity (Wildman–Crippen MR) is 106 cm³/mol. The number of fused-ring (bicyclic) bond motifs is 1. The molecule has 1 fully saturated rings. The zero-order valence-corrected chi connectivity index (χ0v) is 15.3. The minimum Gasteiger partial charge on any atom is -0.326 e. The van der Waals surface area contributed by atoms with Gasteiger partial charge in [0.25, 0.3) is 0 Å². The Labute approximate surface area is 159 Å². The van der Waals surface area contributed by atoms with Crippen LogP contribution in [0.5, 0.6) is 0 Å². The maximum atomic E-state index is 12.2. The van der Waals surface area contributed by atoms with Crippen molar-refractivity contribution in [3.8, 4) is 22.0 Å². The van der Waals surface area contributed by atoms with Crippen molar-refractivity contribution in [2.24, 2.45) is 5.92 Å². The number of amides is 1. The summed E-state index contributed by atoms with van der Waals surface area (Å²) < 4.78 is 1.76. The fourth-order valence-electron chi connectivity index (χ4n) is 3.17. The molecule has 7 heteroatoms. The van der Waals surface area contributed by atoms with Crippen molar-refractivity contribution in [3.63, 3.8) is 0 Å². The van der Waals surface area contributed by atoms with Gasteiger partial charge < -0.3 is 5.32 Å². The maximum absolute atomic E-state index is 12.2. The monoisotopic (exact) mass is 375 g/mol. The van der Waals surface area contributed by atoms with E-state index in [9.17, 15) is 4.79 Å². The van der Waals surface area contributed by atoms with E-state index in [2.05, 4.69) is 15.5 Å². The second-order valence-corrected chi connectivity index (χ2v) is 7.64. The van der Waals surface area contributed by atoms with E-state index in [1.807, 2.05) is 53.9 Å². The number of nitrogens with one attached hydrogen (secondary N) is 1. The third-order valence-corrected chi connectivity index (χ3v) is 5.77. The molecule has 0 unspecified atom stereocenters. The second kappa shape index (κ2) is 6.59. The number of carbonyl (C=O) groups is 1. The molecule has 0 saturated heterocycles. The molecule has 3 heterocycles. The molecule has 1 saturated carbocycles. The van der Waals surface area contributed by atoms with E-state index in [1.54, 1.807) is 15.9 Å². The number of aromatic nitrogens is 4. The number of carbonyl (C=O) groups excluding carboxylic acids is 1. The number of anilines is 1. The zero-order valence-electron chi connectivity index (χ0n) is 14.5. The van der Waals surface area contributed by atoms with Gasteiger partial charge in [-0.2, -0.15) is 9.61 Å². The molecular weight excluding hydrogens is 358 g/mol. The molecule has 134 valence electrons. The van der Waals surface area contributed by atoms with Crippen molar-refractivity contribution in [1.82, 2.24) is 19.8 Å². The number of hydrogen-bond acceptors (Lipinski definition) is 5. The zero-order chi connectivity index (χ0) is 18.2. The summed E-state index contributed by atoms with van der Waals surface area (Å²) in [5.41, 5.74) is 3.25. The fraction of sp³-hybridized carbons (Fsp3) is 0.200. The highest BCUT2D eigenvalue weighted by Gasteiger charge is 2.25. The lowest BCUT2D eigenvalue weighted by molar-refractivity contribution is -0.122. The normalized spacial score (nSPS) is 14.2. The molecule has 0 spiro atoms. The van der Waals surface area contributed by atoms with Gasteiger partial charge in [0.2, 0.25) is 5.91 Å². The summed E-state index contributed by atoms with van der Waals surface area (Å²) in [6.07, 6.45) is 3.12. The van der Waals surface area contributed by atoms with Crippen LogP contribution in [0.2, 0.25) is 0 Å². The first-order valence-corrected chi connectivity index (χ1v) is 9.83. The van der Waals surface area contributed by atoms with E-state index in [0.29, 0.717) is 5.65 Å².